The van der Waals surface area contributed by atoms with Crippen LogP contribution in [0.5, 0.6) is 5.75 Å². The summed E-state index contributed by atoms with van der Waals surface area (Å²) in [6, 6.07) is 6.24. The van der Waals surface area contributed by atoms with Crippen LogP contribution in [0.1, 0.15) is 44.4 Å². The van der Waals surface area contributed by atoms with Crippen LogP contribution < -0.4 is 15.6 Å². The van der Waals surface area contributed by atoms with Crippen molar-refractivity contribution in [2.24, 2.45) is 0 Å². The minimum Gasteiger partial charge on any atom is -0.483 e. The molecule has 3 aromatic rings. The number of amides is 1. The summed E-state index contributed by atoms with van der Waals surface area (Å²) in [4.78, 5) is 36.2. The van der Waals surface area contributed by atoms with Crippen LogP contribution in [-0.2, 0) is 6.54 Å². The normalized spacial score (nSPS) is 20.5. The molecule has 5 rings (SSSR count). The average molecular weight is 459 g/mol. The zero-order chi connectivity index (χ0) is 23.3. The van der Waals surface area contributed by atoms with Gasteiger partial charge >= 0.3 is 0 Å². The molecule has 1 aromatic carbocycles. The fraction of sp³-hybridized carbons (Fsp3) is 0.391. The number of nitrogens with one attached hydrogen (secondary N) is 2. The van der Waals surface area contributed by atoms with Gasteiger partial charge in [0.2, 0.25) is 0 Å². The van der Waals surface area contributed by atoms with Crippen molar-refractivity contribution in [3.8, 4) is 5.75 Å². The molecule has 176 valence electrons. The number of fused-ring (bicyclic) bond motifs is 1. The highest BCUT2D eigenvalue weighted by atomic mass is 19.1. The zero-order valence-corrected chi connectivity index (χ0v) is 18.2. The predicted molar refractivity (Wildman–Crippen MR) is 120 cm³/mol. The lowest BCUT2D eigenvalue weighted by atomic mass is 9.99. The predicted octanol–water partition coefficient (Wildman–Crippen LogP) is 2.94. The number of aromatic amines is 1. The van der Waals surface area contributed by atoms with Crippen molar-refractivity contribution < 1.29 is 21.2 Å². The first-order chi connectivity index (χ1) is 15.8. The molecule has 0 spiro atoms. The molecule has 2 N–H and O–H groups in total. The van der Waals surface area contributed by atoms with E-state index in [4.69, 9.17) is 4.74 Å². The number of H-pyrrole nitrogens is 1. The number of hydrogen-bond acceptors (Lipinski definition) is 6. The smallest absolute Gasteiger partial charge is 0.270 e. The summed E-state index contributed by atoms with van der Waals surface area (Å²) in [5, 5.41) is 2.77. The quantitative estimate of drug-likeness (QED) is 0.550. The number of carbonyl (C=O) groups is 1. The number of nitrogens with zero attached hydrogens (tertiary/aromatic N) is 3. The van der Waals surface area contributed by atoms with E-state index >= 15 is 0 Å². The summed E-state index contributed by atoms with van der Waals surface area (Å²) in [5.41, 5.74) is 0.782. The van der Waals surface area contributed by atoms with Gasteiger partial charge in [0.25, 0.3) is 17.4 Å². The number of ether oxygens (including phenoxy) is 1. The molecule has 3 heterocycles. The summed E-state index contributed by atoms with van der Waals surface area (Å²) in [6.45, 7) is 4.24. The molecule has 1 aliphatic carbocycles. The largest absolute Gasteiger partial charge is 0.483 e. The number of carbonyl (C=O) groups excluding carboxylic acids is 1. The van der Waals surface area contributed by atoms with E-state index in [-0.39, 0.29) is 43.7 Å². The number of aryl methyl sites for hydroxylation is 1. The van der Waals surface area contributed by atoms with Gasteiger partial charge in [0, 0.05) is 33.6 Å². The number of likely N-dealkylation sites (tertiary alicyclic amines) is 1. The Bertz CT molecular complexity index is 1320. The van der Waals surface area contributed by atoms with Gasteiger partial charge in [-0.1, -0.05) is 6.07 Å². The van der Waals surface area contributed by atoms with Crippen molar-refractivity contribution in [1.29, 1.82) is 0 Å². The number of benzene rings is 1. The Kier molecular flexibility index (Phi) is 5.32. The van der Waals surface area contributed by atoms with Crippen molar-refractivity contribution in [3.05, 3.63) is 63.3 Å². The third-order valence-corrected chi connectivity index (χ3v) is 6.20. The van der Waals surface area contributed by atoms with Crippen molar-refractivity contribution in [3.63, 3.8) is 0 Å². The molecule has 0 radical (unpaired) electrons. The monoisotopic (exact) mass is 459 g/mol. The molecule has 2 atom stereocenters. The van der Waals surface area contributed by atoms with Crippen LogP contribution in [0.4, 0.5) is 8.78 Å². The van der Waals surface area contributed by atoms with E-state index in [1.807, 2.05) is 11.8 Å². The number of rotatable bonds is 6. The molecule has 10 heteroatoms. The van der Waals surface area contributed by atoms with Crippen LogP contribution in [0, 0.1) is 18.7 Å². The first-order valence-corrected chi connectivity index (χ1v) is 10.9. The van der Waals surface area contributed by atoms with Gasteiger partial charge in [0.15, 0.2) is 11.6 Å². The molecule has 2 aromatic heterocycles. The molecule has 1 saturated carbocycles. The molecule has 0 unspecified atom stereocenters. The molecule has 2 fully saturated rings. The Morgan fingerprint density at radius 2 is 2.06 bits per heavy atom. The SMILES string of the molecule is Cc1nc2ccc(CN3C[C@H](Oc4ccc(C(=O)NC5CC5)nc4F)[C@H]3C)c(F)c2[nH]c1=O.[HH].[HH]. The first kappa shape index (κ1) is 21.4. The van der Waals surface area contributed by atoms with E-state index in [2.05, 4.69) is 20.3 Å². The summed E-state index contributed by atoms with van der Waals surface area (Å²) < 4.78 is 35.1. The van der Waals surface area contributed by atoms with Gasteiger partial charge in [-0.05, 0) is 44.9 Å². The van der Waals surface area contributed by atoms with Crippen molar-refractivity contribution in [1.82, 2.24) is 25.2 Å². The lowest BCUT2D eigenvalue weighted by Crippen LogP contribution is -2.60. The Morgan fingerprint density at radius 1 is 1.27 bits per heavy atom. The van der Waals surface area contributed by atoms with Crippen LogP contribution in [0.25, 0.3) is 11.0 Å². The number of hydrogen-bond donors (Lipinski definition) is 2. The van der Waals surface area contributed by atoms with Gasteiger partial charge in [-0.15, -0.1) is 0 Å². The van der Waals surface area contributed by atoms with Crippen molar-refractivity contribution >= 4 is 16.9 Å². The first-order valence-electron chi connectivity index (χ1n) is 10.9. The van der Waals surface area contributed by atoms with Crippen molar-refractivity contribution in [2.45, 2.75) is 51.4 Å². The molecule has 33 heavy (non-hydrogen) atoms. The van der Waals surface area contributed by atoms with Gasteiger partial charge in [-0.3, -0.25) is 14.5 Å². The van der Waals surface area contributed by atoms with Crippen LogP contribution >= 0.6 is 0 Å². The minimum atomic E-state index is -0.837. The number of halogens is 2. The van der Waals surface area contributed by atoms with Gasteiger partial charge in [0.05, 0.1) is 5.52 Å². The van der Waals surface area contributed by atoms with E-state index < -0.39 is 23.2 Å². The van der Waals surface area contributed by atoms with Gasteiger partial charge in [0.1, 0.15) is 23.0 Å². The second-order valence-corrected chi connectivity index (χ2v) is 8.64. The van der Waals surface area contributed by atoms with Crippen LogP contribution in [0.3, 0.4) is 0 Å². The molecule has 8 nitrogen and oxygen atoms in total. The Labute approximate surface area is 191 Å². The van der Waals surface area contributed by atoms with Crippen LogP contribution in [0.15, 0.2) is 29.1 Å². The third-order valence-electron chi connectivity index (χ3n) is 6.20. The molecule has 2 aliphatic rings. The summed E-state index contributed by atoms with van der Waals surface area (Å²) >= 11 is 0. The van der Waals surface area contributed by atoms with Gasteiger partial charge in [-0.25, -0.2) is 14.4 Å². The summed E-state index contributed by atoms with van der Waals surface area (Å²) in [5.74, 6) is -1.76. The highest BCUT2D eigenvalue weighted by Gasteiger charge is 2.38. The summed E-state index contributed by atoms with van der Waals surface area (Å²) in [7, 11) is 0. The fourth-order valence-corrected chi connectivity index (χ4v) is 3.87. The Morgan fingerprint density at radius 3 is 2.76 bits per heavy atom. The van der Waals surface area contributed by atoms with E-state index in [1.165, 1.54) is 12.1 Å². The maximum Gasteiger partial charge on any atom is 0.270 e. The molecular formula is C23H27F2N5O3. The fourth-order valence-electron chi connectivity index (χ4n) is 3.87. The summed E-state index contributed by atoms with van der Waals surface area (Å²) in [6.07, 6.45) is 1.56. The second kappa shape index (κ2) is 8.18. The van der Waals surface area contributed by atoms with Gasteiger partial charge < -0.3 is 15.0 Å². The Hall–Kier alpha value is -3.40. The lowest BCUT2D eigenvalue weighted by Gasteiger charge is -2.45. The molecule has 1 amide bonds. The van der Waals surface area contributed by atoms with E-state index in [0.29, 0.717) is 24.2 Å². The van der Waals surface area contributed by atoms with Gasteiger partial charge in [-0.2, -0.15) is 4.39 Å². The minimum absolute atomic E-state index is 0. The third kappa shape index (κ3) is 4.18. The maximum absolute atomic E-state index is 15.0. The standard InChI is InChI=1S/C23H23F2N5O3.2H2/c1-11-22(31)29-20-15(26-11)6-3-13(19(20)24)9-30-10-18(12(30)2)33-17-8-7-16(28-21(17)25)23(32)27-14-4-5-14;;/h3,6-8,12,14,18H,4-5,9-10H2,1-2H3,(H,27,32)(H,29,31);2*1H/t12-,18+;;/m1../s1. The molecule has 1 aliphatic heterocycles. The second-order valence-electron chi connectivity index (χ2n) is 8.64. The van der Waals surface area contributed by atoms with E-state index in [1.54, 1.807) is 19.1 Å². The van der Waals surface area contributed by atoms with Crippen molar-refractivity contribution in [2.75, 3.05) is 6.54 Å². The topological polar surface area (TPSA) is 100 Å². The van der Waals surface area contributed by atoms with E-state index in [9.17, 15) is 18.4 Å². The van der Waals surface area contributed by atoms with Crippen LogP contribution in [-0.4, -0.2) is 50.5 Å². The Balaban J connectivity index is 0.00000171. The average Bonchev–Trinajstić information content (AvgIpc) is 3.60. The molecular weight excluding hydrogens is 432 g/mol. The highest BCUT2D eigenvalue weighted by Crippen LogP contribution is 2.28. The zero-order valence-electron chi connectivity index (χ0n) is 18.2. The molecule has 0 bridgehead atoms. The highest BCUT2D eigenvalue weighted by molar-refractivity contribution is 5.92. The maximum atomic E-state index is 15.0. The van der Waals surface area contributed by atoms with E-state index in [0.717, 1.165) is 12.8 Å². The van der Waals surface area contributed by atoms with Crippen LogP contribution in [0.2, 0.25) is 0 Å². The number of aromatic nitrogens is 3. The number of pyridine rings is 1. The molecule has 1 saturated heterocycles. The lowest BCUT2D eigenvalue weighted by molar-refractivity contribution is -0.0437.